The van der Waals surface area contributed by atoms with Gasteiger partial charge in [-0.1, -0.05) is 12.1 Å². The van der Waals surface area contributed by atoms with Crippen LogP contribution in [0.5, 0.6) is 11.5 Å². The second kappa shape index (κ2) is 5.19. The molecule has 1 aliphatic rings. The summed E-state index contributed by atoms with van der Waals surface area (Å²) in [6.07, 6.45) is 2.62. The summed E-state index contributed by atoms with van der Waals surface area (Å²) < 4.78 is 5.39. The van der Waals surface area contributed by atoms with E-state index in [4.69, 9.17) is 4.74 Å². The molecule has 100 valence electrons. The van der Waals surface area contributed by atoms with Crippen molar-refractivity contribution in [1.82, 2.24) is 5.32 Å². The van der Waals surface area contributed by atoms with Gasteiger partial charge in [0.2, 0.25) is 0 Å². The highest BCUT2D eigenvalue weighted by atomic mass is 16.5. The van der Waals surface area contributed by atoms with Crippen LogP contribution in [-0.2, 0) is 6.54 Å². The first kappa shape index (κ1) is 13.2. The van der Waals surface area contributed by atoms with Gasteiger partial charge in [-0.2, -0.15) is 0 Å². The summed E-state index contributed by atoms with van der Waals surface area (Å²) in [7, 11) is 0. The van der Waals surface area contributed by atoms with Gasteiger partial charge in [0.15, 0.2) is 11.5 Å². The highest BCUT2D eigenvalue weighted by Crippen LogP contribution is 2.39. The van der Waals surface area contributed by atoms with E-state index in [0.29, 0.717) is 18.9 Å². The molecule has 1 aromatic rings. The van der Waals surface area contributed by atoms with Crippen LogP contribution in [-0.4, -0.2) is 17.3 Å². The Morgan fingerprint density at radius 3 is 2.72 bits per heavy atom. The molecule has 2 rings (SSSR count). The lowest BCUT2D eigenvalue weighted by atomic mass is 9.98. The van der Waals surface area contributed by atoms with E-state index in [1.807, 2.05) is 19.1 Å². The van der Waals surface area contributed by atoms with E-state index >= 15 is 0 Å². The van der Waals surface area contributed by atoms with Gasteiger partial charge in [-0.3, -0.25) is 0 Å². The quantitative estimate of drug-likeness (QED) is 0.814. The lowest BCUT2D eigenvalue weighted by Crippen LogP contribution is -2.40. The number of phenols is 1. The molecule has 0 heterocycles. The Morgan fingerprint density at radius 1 is 1.39 bits per heavy atom. The number of hydrogen-bond acceptors (Lipinski definition) is 3. The number of aromatic hydroxyl groups is 1. The Balaban J connectivity index is 2.02. The molecule has 2 N–H and O–H groups in total. The van der Waals surface area contributed by atoms with Crippen LogP contribution in [0.1, 0.15) is 39.2 Å². The summed E-state index contributed by atoms with van der Waals surface area (Å²) in [5.74, 6) is 1.61. The third kappa shape index (κ3) is 2.96. The first-order valence-corrected chi connectivity index (χ1v) is 6.73. The molecule has 1 aliphatic carbocycles. The number of phenolic OH excluding ortho intramolecular Hbond substituents is 1. The molecule has 0 radical (unpaired) electrons. The molecule has 0 amide bonds. The average Bonchev–Trinajstić information content (AvgIpc) is 3.15. The zero-order chi connectivity index (χ0) is 13.2. The molecule has 0 saturated heterocycles. The van der Waals surface area contributed by atoms with Crippen molar-refractivity contribution in [3.63, 3.8) is 0 Å². The van der Waals surface area contributed by atoms with Crippen LogP contribution in [0, 0.1) is 5.92 Å². The van der Waals surface area contributed by atoms with Crippen molar-refractivity contribution in [1.29, 1.82) is 0 Å². The zero-order valence-corrected chi connectivity index (χ0v) is 11.5. The van der Waals surface area contributed by atoms with Gasteiger partial charge in [0.05, 0.1) is 6.61 Å². The fourth-order valence-electron chi connectivity index (χ4n) is 2.25. The number of nitrogens with one attached hydrogen (secondary N) is 1. The molecule has 0 aromatic heterocycles. The Kier molecular flexibility index (Phi) is 3.81. The van der Waals surface area contributed by atoms with Crippen LogP contribution >= 0.6 is 0 Å². The molecule has 0 atom stereocenters. The SMILES string of the molecule is CCOc1cccc(CNC(C)(C)C2CC2)c1O. The predicted octanol–water partition coefficient (Wildman–Crippen LogP) is 3.07. The number of benzene rings is 1. The molecule has 1 fully saturated rings. The first-order valence-electron chi connectivity index (χ1n) is 6.73. The largest absolute Gasteiger partial charge is 0.504 e. The summed E-state index contributed by atoms with van der Waals surface area (Å²) in [4.78, 5) is 0. The van der Waals surface area contributed by atoms with Gasteiger partial charge >= 0.3 is 0 Å². The van der Waals surface area contributed by atoms with E-state index in [1.165, 1.54) is 12.8 Å². The zero-order valence-electron chi connectivity index (χ0n) is 11.5. The molecule has 1 saturated carbocycles. The Labute approximate surface area is 109 Å². The van der Waals surface area contributed by atoms with Gasteiger partial charge < -0.3 is 15.2 Å². The van der Waals surface area contributed by atoms with Crippen LogP contribution in [0.4, 0.5) is 0 Å². The van der Waals surface area contributed by atoms with Crippen molar-refractivity contribution < 1.29 is 9.84 Å². The van der Waals surface area contributed by atoms with Crippen LogP contribution in [0.25, 0.3) is 0 Å². The minimum atomic E-state index is 0.147. The highest BCUT2D eigenvalue weighted by Gasteiger charge is 2.37. The second-order valence-corrected chi connectivity index (χ2v) is 5.55. The molecular weight excluding hydrogens is 226 g/mol. The minimum Gasteiger partial charge on any atom is -0.504 e. The number of para-hydroxylation sites is 1. The van der Waals surface area contributed by atoms with Gasteiger partial charge in [-0.05, 0) is 45.6 Å². The second-order valence-electron chi connectivity index (χ2n) is 5.55. The van der Waals surface area contributed by atoms with Gasteiger partial charge in [0.1, 0.15) is 0 Å². The maximum Gasteiger partial charge on any atom is 0.162 e. The van der Waals surface area contributed by atoms with Crippen molar-refractivity contribution in [3.8, 4) is 11.5 Å². The monoisotopic (exact) mass is 249 g/mol. The highest BCUT2D eigenvalue weighted by molar-refractivity contribution is 5.45. The Hall–Kier alpha value is -1.22. The molecular formula is C15H23NO2. The Bertz CT molecular complexity index is 411. The van der Waals surface area contributed by atoms with Gasteiger partial charge in [-0.25, -0.2) is 0 Å². The van der Waals surface area contributed by atoms with Crippen LogP contribution < -0.4 is 10.1 Å². The molecule has 0 bridgehead atoms. The lowest BCUT2D eigenvalue weighted by molar-refractivity contribution is 0.311. The summed E-state index contributed by atoms with van der Waals surface area (Å²) in [5.41, 5.74) is 1.04. The standard InChI is InChI=1S/C15H23NO2/c1-4-18-13-7-5-6-11(14(13)17)10-16-15(2,3)12-8-9-12/h5-7,12,16-17H,4,8-10H2,1-3H3. The van der Waals surface area contributed by atoms with Crippen LogP contribution in [0.15, 0.2) is 18.2 Å². The topological polar surface area (TPSA) is 41.5 Å². The number of rotatable bonds is 6. The van der Waals surface area contributed by atoms with E-state index in [2.05, 4.69) is 19.2 Å². The molecule has 1 aromatic carbocycles. The number of hydrogen-bond donors (Lipinski definition) is 2. The summed E-state index contributed by atoms with van der Waals surface area (Å²) in [6.45, 7) is 7.62. The van der Waals surface area contributed by atoms with Gasteiger partial charge in [-0.15, -0.1) is 0 Å². The van der Waals surface area contributed by atoms with Crippen LogP contribution in [0.3, 0.4) is 0 Å². The fourth-order valence-corrected chi connectivity index (χ4v) is 2.25. The molecule has 18 heavy (non-hydrogen) atoms. The van der Waals surface area contributed by atoms with E-state index in [9.17, 15) is 5.11 Å². The normalized spacial score (nSPS) is 15.7. The van der Waals surface area contributed by atoms with Crippen molar-refractivity contribution in [2.75, 3.05) is 6.61 Å². The van der Waals surface area contributed by atoms with E-state index < -0.39 is 0 Å². The van der Waals surface area contributed by atoms with Crippen molar-refractivity contribution >= 4 is 0 Å². The third-order valence-corrected chi connectivity index (χ3v) is 3.71. The fraction of sp³-hybridized carbons (Fsp3) is 0.600. The van der Waals surface area contributed by atoms with Crippen molar-refractivity contribution in [3.05, 3.63) is 23.8 Å². The van der Waals surface area contributed by atoms with Crippen molar-refractivity contribution in [2.45, 2.75) is 45.7 Å². The average molecular weight is 249 g/mol. The molecule has 0 unspecified atom stereocenters. The van der Waals surface area contributed by atoms with E-state index in [1.54, 1.807) is 6.07 Å². The molecule has 3 nitrogen and oxygen atoms in total. The van der Waals surface area contributed by atoms with E-state index in [-0.39, 0.29) is 11.3 Å². The Morgan fingerprint density at radius 2 is 2.11 bits per heavy atom. The molecule has 0 spiro atoms. The smallest absolute Gasteiger partial charge is 0.162 e. The van der Waals surface area contributed by atoms with E-state index in [0.717, 1.165) is 11.5 Å². The third-order valence-electron chi connectivity index (χ3n) is 3.71. The predicted molar refractivity (Wildman–Crippen MR) is 72.9 cm³/mol. The van der Waals surface area contributed by atoms with Crippen molar-refractivity contribution in [2.24, 2.45) is 5.92 Å². The minimum absolute atomic E-state index is 0.147. The summed E-state index contributed by atoms with van der Waals surface area (Å²) in [5, 5.41) is 13.6. The summed E-state index contributed by atoms with van der Waals surface area (Å²) in [6, 6.07) is 5.66. The lowest BCUT2D eigenvalue weighted by Gasteiger charge is -2.26. The van der Waals surface area contributed by atoms with Crippen LogP contribution in [0.2, 0.25) is 0 Å². The molecule has 3 heteroatoms. The molecule has 0 aliphatic heterocycles. The first-order chi connectivity index (χ1) is 8.54. The number of ether oxygens (including phenoxy) is 1. The maximum atomic E-state index is 10.1. The van der Waals surface area contributed by atoms with Gasteiger partial charge in [0, 0.05) is 17.6 Å². The maximum absolute atomic E-state index is 10.1. The van der Waals surface area contributed by atoms with Gasteiger partial charge in [0.25, 0.3) is 0 Å². The summed E-state index contributed by atoms with van der Waals surface area (Å²) >= 11 is 0.